The van der Waals surface area contributed by atoms with Crippen LogP contribution in [0, 0.1) is 5.92 Å². The van der Waals surface area contributed by atoms with Gasteiger partial charge in [0.1, 0.15) is 0 Å². The summed E-state index contributed by atoms with van der Waals surface area (Å²) in [7, 11) is 0. The van der Waals surface area contributed by atoms with Crippen molar-refractivity contribution in [3.05, 3.63) is 35.4 Å². The van der Waals surface area contributed by atoms with E-state index in [2.05, 4.69) is 36.0 Å². The van der Waals surface area contributed by atoms with Crippen LogP contribution in [0.3, 0.4) is 0 Å². The fraction of sp³-hybridized carbons (Fsp3) is 0.571. The summed E-state index contributed by atoms with van der Waals surface area (Å²) in [6, 6.07) is 8.81. The highest BCUT2D eigenvalue weighted by Gasteiger charge is 2.15. The molecule has 16 heavy (non-hydrogen) atoms. The average molecular weight is 235 g/mol. The summed E-state index contributed by atoms with van der Waals surface area (Å²) in [6.07, 6.45) is 5.07. The van der Waals surface area contributed by atoms with Crippen LogP contribution in [0.25, 0.3) is 0 Å². The molecule has 0 amide bonds. The van der Waals surface area contributed by atoms with Gasteiger partial charge in [-0.15, -0.1) is 0 Å². The van der Waals surface area contributed by atoms with E-state index in [1.807, 2.05) is 0 Å². The predicted octanol–water partition coefficient (Wildman–Crippen LogP) is 2.87. The predicted molar refractivity (Wildman–Crippen MR) is 73.0 cm³/mol. The zero-order chi connectivity index (χ0) is 11.2. The Labute approximate surface area is 103 Å². The third-order valence-corrected chi connectivity index (χ3v) is 4.43. The Kier molecular flexibility index (Phi) is 4.73. The first-order valence-corrected chi connectivity index (χ1v) is 7.40. The van der Waals surface area contributed by atoms with Gasteiger partial charge >= 0.3 is 0 Å². The van der Waals surface area contributed by atoms with Gasteiger partial charge in [-0.05, 0) is 60.8 Å². The standard InChI is InChI=1S/C14H21NS/c15-8-5-13-3-1-2-4-14(13)11-12-6-9-16-10-7-12/h1-4,12H,5-11,15H2. The first-order valence-electron chi connectivity index (χ1n) is 6.24. The molecule has 1 aliphatic heterocycles. The van der Waals surface area contributed by atoms with E-state index in [1.54, 1.807) is 0 Å². The van der Waals surface area contributed by atoms with Gasteiger partial charge in [0.15, 0.2) is 0 Å². The maximum atomic E-state index is 5.66. The van der Waals surface area contributed by atoms with E-state index in [1.165, 1.54) is 41.9 Å². The van der Waals surface area contributed by atoms with Gasteiger partial charge in [0.25, 0.3) is 0 Å². The van der Waals surface area contributed by atoms with E-state index < -0.39 is 0 Å². The topological polar surface area (TPSA) is 26.0 Å². The van der Waals surface area contributed by atoms with Gasteiger partial charge in [-0.1, -0.05) is 24.3 Å². The van der Waals surface area contributed by atoms with Crippen molar-refractivity contribution >= 4 is 11.8 Å². The Morgan fingerprint density at radius 2 is 1.81 bits per heavy atom. The summed E-state index contributed by atoms with van der Waals surface area (Å²) in [6.45, 7) is 0.761. The summed E-state index contributed by atoms with van der Waals surface area (Å²) in [5.41, 5.74) is 8.65. The minimum atomic E-state index is 0.761. The molecule has 88 valence electrons. The molecule has 2 N–H and O–H groups in total. The summed E-state index contributed by atoms with van der Waals surface area (Å²) < 4.78 is 0. The van der Waals surface area contributed by atoms with Crippen LogP contribution in [0.2, 0.25) is 0 Å². The molecule has 2 rings (SSSR count). The van der Waals surface area contributed by atoms with Crippen molar-refractivity contribution in [3.8, 4) is 0 Å². The van der Waals surface area contributed by atoms with Crippen molar-refractivity contribution in [2.45, 2.75) is 25.7 Å². The van der Waals surface area contributed by atoms with Crippen LogP contribution in [-0.2, 0) is 12.8 Å². The number of thioether (sulfide) groups is 1. The molecule has 0 saturated carbocycles. The Hall–Kier alpha value is -0.470. The Balaban J connectivity index is 2.01. The molecule has 0 bridgehead atoms. The summed E-state index contributed by atoms with van der Waals surface area (Å²) in [4.78, 5) is 0. The van der Waals surface area contributed by atoms with Crippen LogP contribution in [0.4, 0.5) is 0 Å². The molecule has 0 aromatic heterocycles. The Morgan fingerprint density at radius 1 is 1.12 bits per heavy atom. The second-order valence-electron chi connectivity index (χ2n) is 4.57. The molecule has 2 heteroatoms. The van der Waals surface area contributed by atoms with Crippen LogP contribution in [0.1, 0.15) is 24.0 Å². The zero-order valence-corrected chi connectivity index (χ0v) is 10.6. The van der Waals surface area contributed by atoms with Crippen molar-refractivity contribution in [2.75, 3.05) is 18.1 Å². The van der Waals surface area contributed by atoms with Crippen molar-refractivity contribution in [1.29, 1.82) is 0 Å². The molecular weight excluding hydrogens is 214 g/mol. The SMILES string of the molecule is NCCc1ccccc1CC1CCSCC1. The summed E-state index contributed by atoms with van der Waals surface area (Å²) in [5, 5.41) is 0. The van der Waals surface area contributed by atoms with Gasteiger partial charge < -0.3 is 5.73 Å². The van der Waals surface area contributed by atoms with Gasteiger partial charge in [-0.3, -0.25) is 0 Å². The van der Waals surface area contributed by atoms with Gasteiger partial charge in [-0.2, -0.15) is 11.8 Å². The zero-order valence-electron chi connectivity index (χ0n) is 9.82. The number of hydrogen-bond acceptors (Lipinski definition) is 2. The normalized spacial score (nSPS) is 17.6. The Bertz CT molecular complexity index is 318. The van der Waals surface area contributed by atoms with E-state index >= 15 is 0 Å². The fourth-order valence-electron chi connectivity index (χ4n) is 2.42. The van der Waals surface area contributed by atoms with E-state index in [-0.39, 0.29) is 0 Å². The minimum absolute atomic E-state index is 0.761. The lowest BCUT2D eigenvalue weighted by Crippen LogP contribution is -2.14. The van der Waals surface area contributed by atoms with Gasteiger partial charge in [0.2, 0.25) is 0 Å². The fourth-order valence-corrected chi connectivity index (χ4v) is 3.62. The molecule has 1 fully saturated rings. The molecule has 0 atom stereocenters. The molecule has 1 nitrogen and oxygen atoms in total. The first kappa shape index (κ1) is 12.0. The van der Waals surface area contributed by atoms with Crippen molar-refractivity contribution in [1.82, 2.24) is 0 Å². The van der Waals surface area contributed by atoms with Crippen LogP contribution >= 0.6 is 11.8 Å². The smallest absolute Gasteiger partial charge is 0.00366 e. The Morgan fingerprint density at radius 3 is 2.50 bits per heavy atom. The molecule has 0 aliphatic carbocycles. The maximum absolute atomic E-state index is 5.66. The minimum Gasteiger partial charge on any atom is -0.330 e. The lowest BCUT2D eigenvalue weighted by atomic mass is 9.91. The number of hydrogen-bond donors (Lipinski definition) is 1. The molecule has 1 aromatic carbocycles. The van der Waals surface area contributed by atoms with Gasteiger partial charge in [-0.25, -0.2) is 0 Å². The molecule has 0 radical (unpaired) electrons. The van der Waals surface area contributed by atoms with E-state index in [9.17, 15) is 0 Å². The highest BCUT2D eigenvalue weighted by atomic mass is 32.2. The van der Waals surface area contributed by atoms with Crippen molar-refractivity contribution in [3.63, 3.8) is 0 Å². The van der Waals surface area contributed by atoms with Crippen LogP contribution in [-0.4, -0.2) is 18.1 Å². The highest BCUT2D eigenvalue weighted by Crippen LogP contribution is 2.26. The summed E-state index contributed by atoms with van der Waals surface area (Å²) >= 11 is 2.10. The van der Waals surface area contributed by atoms with Crippen LogP contribution in [0.5, 0.6) is 0 Å². The monoisotopic (exact) mass is 235 g/mol. The van der Waals surface area contributed by atoms with Crippen LogP contribution in [0.15, 0.2) is 24.3 Å². The third-order valence-electron chi connectivity index (χ3n) is 3.38. The molecular formula is C14H21NS. The van der Waals surface area contributed by atoms with E-state index in [0.717, 1.165) is 18.9 Å². The van der Waals surface area contributed by atoms with Crippen molar-refractivity contribution < 1.29 is 0 Å². The third kappa shape index (κ3) is 3.26. The molecule has 1 aromatic rings. The molecule has 1 aliphatic rings. The van der Waals surface area contributed by atoms with Crippen molar-refractivity contribution in [2.24, 2.45) is 11.7 Å². The lowest BCUT2D eigenvalue weighted by Gasteiger charge is -2.22. The molecule has 1 saturated heterocycles. The van der Waals surface area contributed by atoms with Gasteiger partial charge in [0.05, 0.1) is 0 Å². The number of nitrogens with two attached hydrogens (primary N) is 1. The maximum Gasteiger partial charge on any atom is -0.00366 e. The second-order valence-corrected chi connectivity index (χ2v) is 5.79. The summed E-state index contributed by atoms with van der Waals surface area (Å²) in [5.74, 6) is 3.60. The largest absolute Gasteiger partial charge is 0.330 e. The second kappa shape index (κ2) is 6.31. The highest BCUT2D eigenvalue weighted by molar-refractivity contribution is 7.99. The average Bonchev–Trinajstić information content (AvgIpc) is 2.33. The van der Waals surface area contributed by atoms with Crippen LogP contribution < -0.4 is 5.73 Å². The number of benzene rings is 1. The first-order chi connectivity index (χ1) is 7.90. The quantitative estimate of drug-likeness (QED) is 0.868. The van der Waals surface area contributed by atoms with Gasteiger partial charge in [0, 0.05) is 0 Å². The molecule has 0 unspecified atom stereocenters. The lowest BCUT2D eigenvalue weighted by molar-refractivity contribution is 0.486. The molecule has 0 spiro atoms. The van der Waals surface area contributed by atoms with E-state index in [4.69, 9.17) is 5.73 Å². The van der Waals surface area contributed by atoms with E-state index in [0.29, 0.717) is 0 Å². The number of rotatable bonds is 4. The molecule has 1 heterocycles.